The fourth-order valence-electron chi connectivity index (χ4n) is 2.49. The van der Waals surface area contributed by atoms with Crippen molar-refractivity contribution in [2.45, 2.75) is 57.4 Å². The third-order valence-electron chi connectivity index (χ3n) is 3.97. The van der Waals surface area contributed by atoms with Crippen LogP contribution in [-0.2, 0) is 9.59 Å². The molecule has 0 saturated carbocycles. The first kappa shape index (κ1) is 17.2. The second kappa shape index (κ2) is 6.95. The number of nitrogens with zero attached hydrogens (tertiary/aromatic N) is 3. The molecule has 1 atom stereocenters. The summed E-state index contributed by atoms with van der Waals surface area (Å²) in [6.45, 7) is 8.12. The number of hydrogen-bond donors (Lipinski definition) is 1. The predicted octanol–water partition coefficient (Wildman–Crippen LogP) is 2.69. The largest absolute Gasteiger partial charge is 0.318 e. The molecule has 1 aromatic heterocycles. The van der Waals surface area contributed by atoms with Crippen LogP contribution in [0.15, 0.2) is 0 Å². The lowest BCUT2D eigenvalue weighted by atomic mass is 10.1. The van der Waals surface area contributed by atoms with Gasteiger partial charge in [-0.15, -0.1) is 22.0 Å². The quantitative estimate of drug-likeness (QED) is 0.805. The van der Waals surface area contributed by atoms with Crippen LogP contribution in [0.5, 0.6) is 0 Å². The molecule has 6 nitrogen and oxygen atoms in total. The molecule has 122 valence electrons. The van der Waals surface area contributed by atoms with E-state index in [-0.39, 0.29) is 10.8 Å². The summed E-state index contributed by atoms with van der Waals surface area (Å²) in [6, 6.07) is -0.460. The lowest BCUT2D eigenvalue weighted by molar-refractivity contribution is -0.130. The average molecular weight is 342 g/mol. The van der Waals surface area contributed by atoms with Crippen LogP contribution in [0.3, 0.4) is 0 Å². The van der Waals surface area contributed by atoms with Gasteiger partial charge < -0.3 is 4.90 Å². The Morgan fingerprint density at radius 1 is 1.45 bits per heavy atom. The van der Waals surface area contributed by atoms with Gasteiger partial charge in [0.25, 0.3) is 0 Å². The van der Waals surface area contributed by atoms with Gasteiger partial charge in [0, 0.05) is 11.7 Å². The molecule has 0 spiro atoms. The summed E-state index contributed by atoms with van der Waals surface area (Å²) in [6.07, 6.45) is 2.76. The Morgan fingerprint density at radius 2 is 2.14 bits per heavy atom. The maximum absolute atomic E-state index is 12.4. The SMILES string of the molecule is CCC(CC)c1nnc(NC(=O)[C@H]2CSC(C)(C)N2C=O)s1. The van der Waals surface area contributed by atoms with Crippen LogP contribution in [-0.4, -0.2) is 44.1 Å². The highest BCUT2D eigenvalue weighted by molar-refractivity contribution is 8.00. The van der Waals surface area contributed by atoms with E-state index in [1.54, 1.807) is 16.7 Å². The van der Waals surface area contributed by atoms with Crippen LogP contribution in [0.25, 0.3) is 0 Å². The molecular weight excluding hydrogens is 320 g/mol. The minimum atomic E-state index is -0.460. The number of hydrogen-bond acceptors (Lipinski definition) is 6. The third-order valence-corrected chi connectivity index (χ3v) is 6.37. The Hall–Kier alpha value is -1.15. The fourth-order valence-corrected chi connectivity index (χ4v) is 4.70. The Kier molecular flexibility index (Phi) is 5.44. The number of aromatic nitrogens is 2. The minimum absolute atomic E-state index is 0.197. The second-order valence-electron chi connectivity index (χ2n) is 5.73. The number of thioether (sulfide) groups is 1. The smallest absolute Gasteiger partial charge is 0.249 e. The van der Waals surface area contributed by atoms with E-state index in [0.29, 0.717) is 16.8 Å². The molecule has 0 radical (unpaired) electrons. The number of amides is 2. The third kappa shape index (κ3) is 3.43. The van der Waals surface area contributed by atoms with Crippen molar-refractivity contribution in [2.75, 3.05) is 11.1 Å². The van der Waals surface area contributed by atoms with Crippen LogP contribution in [0.4, 0.5) is 5.13 Å². The lowest BCUT2D eigenvalue weighted by Gasteiger charge is -2.29. The van der Waals surface area contributed by atoms with Gasteiger partial charge in [0.2, 0.25) is 17.4 Å². The molecule has 8 heteroatoms. The highest BCUT2D eigenvalue weighted by Crippen LogP contribution is 2.38. The van der Waals surface area contributed by atoms with Gasteiger partial charge in [-0.05, 0) is 26.7 Å². The molecule has 1 aromatic rings. The van der Waals surface area contributed by atoms with Crippen LogP contribution < -0.4 is 5.32 Å². The van der Waals surface area contributed by atoms with Gasteiger partial charge in [-0.2, -0.15) is 0 Å². The average Bonchev–Trinajstić information content (AvgIpc) is 3.04. The van der Waals surface area contributed by atoms with E-state index in [0.717, 1.165) is 24.3 Å². The molecule has 0 unspecified atom stereocenters. The predicted molar refractivity (Wildman–Crippen MR) is 90.1 cm³/mol. The van der Waals surface area contributed by atoms with E-state index in [1.165, 1.54) is 11.3 Å². The highest BCUT2D eigenvalue weighted by atomic mass is 32.2. The molecular formula is C14H22N4O2S2. The Balaban J connectivity index is 2.05. The molecule has 0 bridgehead atoms. The molecule has 2 rings (SSSR count). The van der Waals surface area contributed by atoms with Crippen LogP contribution >= 0.6 is 23.1 Å². The van der Waals surface area contributed by atoms with Crippen molar-refractivity contribution in [3.8, 4) is 0 Å². The van der Waals surface area contributed by atoms with Crippen LogP contribution in [0.2, 0.25) is 0 Å². The number of rotatable bonds is 6. The molecule has 0 aromatic carbocycles. The molecule has 1 aliphatic heterocycles. The summed E-state index contributed by atoms with van der Waals surface area (Å²) >= 11 is 3.02. The van der Waals surface area contributed by atoms with Crippen LogP contribution in [0, 0.1) is 0 Å². The summed E-state index contributed by atoms with van der Waals surface area (Å²) in [7, 11) is 0. The first-order chi connectivity index (χ1) is 10.4. The van der Waals surface area contributed by atoms with Crippen molar-refractivity contribution in [3.63, 3.8) is 0 Å². The number of carbonyl (C=O) groups excluding carboxylic acids is 2. The number of nitrogens with one attached hydrogen (secondary N) is 1. The lowest BCUT2D eigenvalue weighted by Crippen LogP contribution is -2.47. The second-order valence-corrected chi connectivity index (χ2v) is 8.36. The molecule has 1 fully saturated rings. The highest BCUT2D eigenvalue weighted by Gasteiger charge is 2.43. The minimum Gasteiger partial charge on any atom is -0.318 e. The normalized spacial score (nSPS) is 20.4. The zero-order chi connectivity index (χ0) is 16.3. The zero-order valence-corrected chi connectivity index (χ0v) is 15.0. The first-order valence-corrected chi connectivity index (χ1v) is 9.25. The summed E-state index contributed by atoms with van der Waals surface area (Å²) < 4.78 is 0. The summed E-state index contributed by atoms with van der Waals surface area (Å²) in [5.74, 6) is 0.781. The zero-order valence-electron chi connectivity index (χ0n) is 13.3. The van der Waals surface area contributed by atoms with E-state index in [4.69, 9.17) is 0 Å². The monoisotopic (exact) mass is 342 g/mol. The van der Waals surface area contributed by atoms with Crippen molar-refractivity contribution in [1.82, 2.24) is 15.1 Å². The number of anilines is 1. The van der Waals surface area contributed by atoms with Crippen molar-refractivity contribution < 1.29 is 9.59 Å². The van der Waals surface area contributed by atoms with E-state index in [1.807, 2.05) is 13.8 Å². The van der Waals surface area contributed by atoms with E-state index < -0.39 is 6.04 Å². The molecule has 22 heavy (non-hydrogen) atoms. The van der Waals surface area contributed by atoms with Gasteiger partial charge in [0.15, 0.2) is 0 Å². The van der Waals surface area contributed by atoms with Gasteiger partial charge in [-0.25, -0.2) is 0 Å². The van der Waals surface area contributed by atoms with Gasteiger partial charge in [0.05, 0.1) is 4.87 Å². The van der Waals surface area contributed by atoms with Crippen molar-refractivity contribution >= 4 is 40.5 Å². The van der Waals surface area contributed by atoms with Crippen molar-refractivity contribution in [3.05, 3.63) is 5.01 Å². The van der Waals surface area contributed by atoms with Gasteiger partial charge in [-0.3, -0.25) is 14.9 Å². The van der Waals surface area contributed by atoms with E-state index >= 15 is 0 Å². The standard InChI is InChI=1S/C14H22N4O2S2/c1-5-9(6-2)12-16-17-13(22-12)15-11(20)10-7-21-14(3,4)18(10)8-19/h8-10H,5-7H2,1-4H3,(H,15,17,20)/t10-/m1/s1. The van der Waals surface area contributed by atoms with Crippen molar-refractivity contribution in [1.29, 1.82) is 0 Å². The molecule has 2 heterocycles. The maximum atomic E-state index is 12.4. The maximum Gasteiger partial charge on any atom is 0.249 e. The molecule has 1 aliphatic rings. The number of carbonyl (C=O) groups is 2. The van der Waals surface area contributed by atoms with Gasteiger partial charge in [-0.1, -0.05) is 25.2 Å². The molecule has 1 N–H and O–H groups in total. The Labute approximate surface area is 139 Å². The first-order valence-electron chi connectivity index (χ1n) is 7.44. The molecule has 0 aliphatic carbocycles. The Bertz CT molecular complexity index is 543. The fraction of sp³-hybridized carbons (Fsp3) is 0.714. The topological polar surface area (TPSA) is 75.2 Å². The molecule has 1 saturated heterocycles. The summed E-state index contributed by atoms with van der Waals surface area (Å²) in [5, 5.41) is 12.5. The Morgan fingerprint density at radius 3 is 2.73 bits per heavy atom. The summed E-state index contributed by atoms with van der Waals surface area (Å²) in [4.78, 5) is 24.9. The van der Waals surface area contributed by atoms with Crippen LogP contribution in [0.1, 0.15) is 51.5 Å². The van der Waals surface area contributed by atoms with E-state index in [2.05, 4.69) is 29.4 Å². The summed E-state index contributed by atoms with van der Waals surface area (Å²) in [5.41, 5.74) is 0. The van der Waals surface area contributed by atoms with Gasteiger partial charge in [0.1, 0.15) is 11.0 Å². The molecule has 2 amide bonds. The van der Waals surface area contributed by atoms with Gasteiger partial charge >= 0.3 is 0 Å². The van der Waals surface area contributed by atoms with Crippen molar-refractivity contribution in [2.24, 2.45) is 0 Å². The van der Waals surface area contributed by atoms with E-state index in [9.17, 15) is 9.59 Å².